The fraction of sp³-hybridized carbons (Fsp3) is 1.00. The van der Waals surface area contributed by atoms with Crippen molar-refractivity contribution in [3.63, 3.8) is 0 Å². The first kappa shape index (κ1) is 23.7. The Morgan fingerprint density at radius 1 is 0.450 bits per heavy atom. The largest absolute Gasteiger partial charge is 0.276 e. The van der Waals surface area contributed by atoms with Crippen LogP contribution < -0.4 is 0 Å². The van der Waals surface area contributed by atoms with E-state index in [1.807, 2.05) is 0 Å². The van der Waals surface area contributed by atoms with Gasteiger partial charge in [0.25, 0.3) is 4.52 Å². The van der Waals surface area contributed by atoms with Gasteiger partial charge in [0, 0.05) is 0 Å². The molecule has 121 valence electrons. The normalized spacial score (nSPS) is 18.9. The topological polar surface area (TPSA) is 19.9 Å². The molecule has 0 fully saturated rings. The predicted molar refractivity (Wildman–Crippen MR) is 93.2 cm³/mol. The quantitative estimate of drug-likeness (QED) is 0.323. The summed E-state index contributed by atoms with van der Waals surface area (Å²) in [5.41, 5.74) is 0. The zero-order chi connectivity index (χ0) is 17.0. The highest BCUT2D eigenvalue weighted by Crippen LogP contribution is 2.69. The van der Waals surface area contributed by atoms with Crippen LogP contribution >= 0.6 is 151 Å². The van der Waals surface area contributed by atoms with Crippen molar-refractivity contribution >= 4 is 151 Å². The van der Waals surface area contributed by atoms with Gasteiger partial charge in [-0.05, 0) is 0 Å². The van der Waals surface area contributed by atoms with Crippen molar-refractivity contribution in [2.75, 3.05) is 0 Å². The smallest absolute Gasteiger partial charge is 0.191 e. The van der Waals surface area contributed by atoms with Crippen molar-refractivity contribution < 1.29 is 5.11 Å². The summed E-state index contributed by atoms with van der Waals surface area (Å²) in [5, 5.41) is 11.9. The molecule has 1 atom stereocenters. The van der Waals surface area contributed by atoms with Crippen molar-refractivity contribution in [1.82, 2.24) is 0 Å². The number of halogens is 13. The standard InChI is InChI=1S/C6Cl13O/c7-1(4(12,13)14,6(18,19)20)2(8,9)3(10,11)5(15,16)17. The van der Waals surface area contributed by atoms with Crippen molar-refractivity contribution in [3.05, 3.63) is 0 Å². The third-order valence-corrected chi connectivity index (χ3v) is 8.99. The van der Waals surface area contributed by atoms with Gasteiger partial charge >= 0.3 is 0 Å². The van der Waals surface area contributed by atoms with Gasteiger partial charge in [-0.2, -0.15) is 5.11 Å². The molecule has 1 radical (unpaired) electrons. The minimum absolute atomic E-state index is 2.56. The van der Waals surface area contributed by atoms with Crippen molar-refractivity contribution in [2.45, 2.75) is 25.6 Å². The molecule has 0 saturated carbocycles. The molecule has 0 aromatic heterocycles. The van der Waals surface area contributed by atoms with Gasteiger partial charge in [-0.1, -0.05) is 139 Å². The molecule has 0 heterocycles. The molecule has 0 aromatic rings. The minimum Gasteiger partial charge on any atom is -0.191 e. The van der Waals surface area contributed by atoms with E-state index in [1.165, 1.54) is 0 Å². The Labute approximate surface area is 179 Å². The number of hydrogen-bond donors (Lipinski definition) is 0. The summed E-state index contributed by atoms with van der Waals surface area (Å²) in [4.78, 5) is -3.03. The second-order valence-electron chi connectivity index (χ2n) is 3.32. The van der Waals surface area contributed by atoms with Crippen LogP contribution in [0.15, 0.2) is 0 Å². The van der Waals surface area contributed by atoms with Gasteiger partial charge in [0.1, 0.15) is 0 Å². The molecule has 0 aliphatic heterocycles. The summed E-state index contributed by atoms with van der Waals surface area (Å²) in [5.74, 6) is 0. The monoisotopic (exact) mass is 543 g/mol. The maximum Gasteiger partial charge on any atom is 0.276 e. The Bertz CT molecular complexity index is 343. The SMILES string of the molecule is [O]C(Cl)(Cl)C(Cl)(C(Cl)(Cl)Cl)C(Cl)(Cl)C(Cl)(Cl)C(Cl)(Cl)Cl. The van der Waals surface area contributed by atoms with E-state index in [0.29, 0.717) is 0 Å². The van der Waals surface area contributed by atoms with Gasteiger partial charge in [0.05, 0.1) is 0 Å². The zero-order valence-corrected chi connectivity index (χ0v) is 18.1. The minimum atomic E-state index is -3.30. The Hall–Kier alpha value is 3.73. The summed E-state index contributed by atoms with van der Waals surface area (Å²) in [6, 6.07) is 0. The summed E-state index contributed by atoms with van der Waals surface area (Å²) in [7, 11) is 0. The van der Waals surface area contributed by atoms with Crippen molar-refractivity contribution in [1.29, 1.82) is 0 Å². The van der Waals surface area contributed by atoms with Crippen LogP contribution in [0.5, 0.6) is 0 Å². The molecule has 0 rings (SSSR count). The highest BCUT2D eigenvalue weighted by molar-refractivity contribution is 6.81. The van der Waals surface area contributed by atoms with Crippen LogP contribution in [0.2, 0.25) is 0 Å². The molecule has 20 heavy (non-hydrogen) atoms. The van der Waals surface area contributed by atoms with E-state index in [-0.39, 0.29) is 0 Å². The van der Waals surface area contributed by atoms with Crippen LogP contribution in [-0.2, 0) is 5.11 Å². The molecular formula is C6Cl13O. The Morgan fingerprint density at radius 2 is 0.750 bits per heavy atom. The number of rotatable bonds is 3. The van der Waals surface area contributed by atoms with Gasteiger partial charge < -0.3 is 0 Å². The van der Waals surface area contributed by atoms with Crippen molar-refractivity contribution in [3.8, 4) is 0 Å². The van der Waals surface area contributed by atoms with Crippen LogP contribution in [0.4, 0.5) is 0 Å². The van der Waals surface area contributed by atoms with E-state index in [0.717, 1.165) is 0 Å². The molecule has 0 saturated heterocycles. The fourth-order valence-corrected chi connectivity index (χ4v) is 5.16. The van der Waals surface area contributed by atoms with E-state index in [9.17, 15) is 5.11 Å². The molecule has 1 nitrogen and oxygen atoms in total. The van der Waals surface area contributed by atoms with E-state index >= 15 is 0 Å². The lowest BCUT2D eigenvalue weighted by molar-refractivity contribution is 0.0724. The number of alkyl halides is 13. The fourth-order valence-electron chi connectivity index (χ4n) is 0.920. The van der Waals surface area contributed by atoms with Gasteiger partial charge in [-0.25, -0.2) is 0 Å². The third kappa shape index (κ3) is 3.93. The first-order chi connectivity index (χ1) is 8.25. The van der Waals surface area contributed by atoms with Gasteiger partial charge in [0.2, 0.25) is 7.59 Å². The molecular weight excluding hydrogens is 549 g/mol. The van der Waals surface area contributed by atoms with Crippen LogP contribution in [0.1, 0.15) is 0 Å². The van der Waals surface area contributed by atoms with Crippen molar-refractivity contribution in [2.24, 2.45) is 0 Å². The molecule has 1 unspecified atom stereocenters. The first-order valence-corrected chi connectivity index (χ1v) is 8.82. The van der Waals surface area contributed by atoms with E-state index in [4.69, 9.17) is 151 Å². The van der Waals surface area contributed by atoms with Gasteiger partial charge in [-0.3, -0.25) is 0 Å². The average molecular weight is 549 g/mol. The van der Waals surface area contributed by atoms with Gasteiger partial charge in [-0.15, -0.1) is 11.6 Å². The molecule has 0 bridgehead atoms. The Kier molecular flexibility index (Phi) is 8.07. The van der Waals surface area contributed by atoms with E-state index in [2.05, 4.69) is 0 Å². The lowest BCUT2D eigenvalue weighted by Crippen LogP contribution is -2.69. The lowest BCUT2D eigenvalue weighted by atomic mass is 10.0. The summed E-state index contributed by atoms with van der Waals surface area (Å²) >= 11 is 73.3. The number of hydrogen-bond acceptors (Lipinski definition) is 0. The summed E-state index contributed by atoms with van der Waals surface area (Å²) in [6.45, 7) is 0. The second kappa shape index (κ2) is 6.80. The maximum absolute atomic E-state index is 11.9. The Balaban J connectivity index is 6.38. The van der Waals surface area contributed by atoms with Crippen LogP contribution in [0.3, 0.4) is 0 Å². The highest BCUT2D eigenvalue weighted by atomic mass is 35.6. The molecule has 0 N–H and O–H groups in total. The van der Waals surface area contributed by atoms with Crippen LogP contribution in [0, 0.1) is 0 Å². The van der Waals surface area contributed by atoms with Gasteiger partial charge in [0.15, 0.2) is 13.5 Å². The highest BCUT2D eigenvalue weighted by Gasteiger charge is 2.80. The first-order valence-electron chi connectivity index (χ1n) is 3.91. The second-order valence-corrected chi connectivity index (χ2v) is 12.4. The summed E-state index contributed by atoms with van der Waals surface area (Å²) < 4.78 is -14.3. The molecule has 14 heteroatoms. The lowest BCUT2D eigenvalue weighted by Gasteiger charge is -2.51. The zero-order valence-electron chi connectivity index (χ0n) is 8.32. The molecule has 0 aliphatic carbocycles. The molecule has 0 aromatic carbocycles. The molecule has 0 aliphatic rings. The predicted octanol–water partition coefficient (Wildman–Crippen LogP) is 7.61. The molecule has 0 spiro atoms. The van der Waals surface area contributed by atoms with E-state index in [1.54, 1.807) is 0 Å². The van der Waals surface area contributed by atoms with E-state index < -0.39 is 25.6 Å². The Morgan fingerprint density at radius 3 is 0.900 bits per heavy atom. The average Bonchev–Trinajstić information content (AvgIpc) is 2.10. The third-order valence-electron chi connectivity index (χ3n) is 1.97. The summed E-state index contributed by atoms with van der Waals surface area (Å²) in [6.07, 6.45) is 0. The van der Waals surface area contributed by atoms with Crippen LogP contribution in [0.25, 0.3) is 0 Å². The maximum atomic E-state index is 11.9. The van der Waals surface area contributed by atoms with Crippen LogP contribution in [-0.4, -0.2) is 25.6 Å². The molecule has 0 amide bonds.